The molecule has 1 aromatic rings. The van der Waals surface area contributed by atoms with Crippen molar-refractivity contribution in [1.82, 2.24) is 19.7 Å². The van der Waals surface area contributed by atoms with E-state index >= 15 is 0 Å². The third kappa shape index (κ3) is 2.22. The van der Waals surface area contributed by atoms with Gasteiger partial charge in [-0.25, -0.2) is 9.59 Å². The predicted molar refractivity (Wildman–Crippen MR) is 72.1 cm³/mol. The van der Waals surface area contributed by atoms with Gasteiger partial charge in [0, 0.05) is 5.56 Å². The van der Waals surface area contributed by atoms with Crippen LogP contribution in [-0.4, -0.2) is 63.2 Å². The first-order valence-electron chi connectivity index (χ1n) is 7.07. The highest BCUT2D eigenvalue weighted by Gasteiger charge is 2.52. The topological polar surface area (TPSA) is 114 Å². The van der Waals surface area contributed by atoms with Gasteiger partial charge in [-0.2, -0.15) is 10.2 Å². The third-order valence-electron chi connectivity index (χ3n) is 3.95. The molecule has 2 bridgehead atoms. The Balaban J connectivity index is 2.04. The fourth-order valence-corrected chi connectivity index (χ4v) is 2.97. The number of fused-ring (bicyclic) bond motifs is 4. The van der Waals surface area contributed by atoms with Gasteiger partial charge < -0.3 is 14.4 Å². The second-order valence-electron chi connectivity index (χ2n) is 5.17. The summed E-state index contributed by atoms with van der Waals surface area (Å²) in [6, 6.07) is -2.38. The lowest BCUT2D eigenvalue weighted by molar-refractivity contribution is -0.147. The van der Waals surface area contributed by atoms with E-state index in [1.54, 1.807) is 6.92 Å². The number of hydrogen-bond acceptors (Lipinski definition) is 7. The van der Waals surface area contributed by atoms with Crippen LogP contribution in [0.3, 0.4) is 0 Å². The molecular formula is C13H16N4O6. The highest BCUT2D eigenvalue weighted by atomic mass is 16.5. The summed E-state index contributed by atoms with van der Waals surface area (Å²) < 4.78 is 11.0. The van der Waals surface area contributed by atoms with Gasteiger partial charge in [0.1, 0.15) is 12.6 Å². The van der Waals surface area contributed by atoms with Crippen molar-refractivity contribution in [2.45, 2.75) is 25.6 Å². The first kappa shape index (κ1) is 15.3. The fraction of sp³-hybridized carbons (Fsp3) is 0.538. The van der Waals surface area contributed by atoms with Gasteiger partial charge in [-0.1, -0.05) is 0 Å². The number of carbonyl (C=O) groups excluding carboxylic acids is 3. The predicted octanol–water partition coefficient (Wildman–Crippen LogP) is -0.158. The van der Waals surface area contributed by atoms with Gasteiger partial charge in [0.05, 0.1) is 32.2 Å². The zero-order valence-electron chi connectivity index (χ0n) is 12.6. The van der Waals surface area contributed by atoms with Crippen LogP contribution in [0, 0.1) is 0 Å². The summed E-state index contributed by atoms with van der Waals surface area (Å²) in [5.41, 5.74) is 0.861. The Morgan fingerprint density at radius 3 is 2.87 bits per heavy atom. The number of ether oxygens (including phenoxy) is 2. The highest BCUT2D eigenvalue weighted by molar-refractivity contribution is 5.87. The maximum atomic E-state index is 12.2. The van der Waals surface area contributed by atoms with Crippen molar-refractivity contribution in [2.24, 2.45) is 0 Å². The lowest BCUT2D eigenvalue weighted by Crippen LogP contribution is -2.40. The molecule has 0 aromatic carbocycles. The smallest absolute Gasteiger partial charge is 0.345 e. The van der Waals surface area contributed by atoms with Crippen molar-refractivity contribution in [2.75, 3.05) is 20.3 Å². The van der Waals surface area contributed by atoms with E-state index in [0.29, 0.717) is 16.3 Å². The Morgan fingerprint density at radius 2 is 2.22 bits per heavy atom. The first-order valence-corrected chi connectivity index (χ1v) is 7.07. The van der Waals surface area contributed by atoms with E-state index in [-0.39, 0.29) is 19.7 Å². The Bertz CT molecular complexity index is 671. The summed E-state index contributed by atoms with van der Waals surface area (Å²) in [6.07, 6.45) is 1.44. The number of rotatable bonds is 4. The van der Waals surface area contributed by atoms with Gasteiger partial charge in [-0.05, 0) is 6.92 Å². The molecule has 2 aliphatic rings. The number of carbonyl (C=O) groups is 3. The van der Waals surface area contributed by atoms with Crippen LogP contribution < -0.4 is 0 Å². The molecule has 1 fully saturated rings. The van der Waals surface area contributed by atoms with Crippen LogP contribution in [0.25, 0.3) is 0 Å². The normalized spacial score (nSPS) is 22.1. The maximum Gasteiger partial charge on any atom is 0.345 e. The molecule has 1 aromatic heterocycles. The number of urea groups is 1. The standard InChI is InChI=1S/C13H16N4O6/c1-3-23-9(18)6-16-10-7(4-14-16)8-5-15(13(20)17(8)21)11(10)12(19)22-2/h4,8,11,21H,3,5-6H2,1-2H3/t8-,11?/m1/s1. The molecule has 1 N–H and O–H groups in total. The zero-order valence-corrected chi connectivity index (χ0v) is 12.6. The molecule has 2 atom stereocenters. The molecular weight excluding hydrogens is 308 g/mol. The molecule has 10 nitrogen and oxygen atoms in total. The summed E-state index contributed by atoms with van der Waals surface area (Å²) in [5, 5.41) is 14.6. The van der Waals surface area contributed by atoms with Crippen LogP contribution >= 0.6 is 0 Å². The Labute approximate surface area is 131 Å². The van der Waals surface area contributed by atoms with Gasteiger partial charge in [0.2, 0.25) is 0 Å². The monoisotopic (exact) mass is 324 g/mol. The van der Waals surface area contributed by atoms with Crippen molar-refractivity contribution >= 4 is 18.0 Å². The minimum absolute atomic E-state index is 0.146. The minimum Gasteiger partial charge on any atom is -0.467 e. The van der Waals surface area contributed by atoms with Gasteiger partial charge in [-0.3, -0.25) is 14.7 Å². The van der Waals surface area contributed by atoms with E-state index in [1.165, 1.54) is 22.9 Å². The summed E-state index contributed by atoms with van der Waals surface area (Å²) in [7, 11) is 1.21. The van der Waals surface area contributed by atoms with Gasteiger partial charge >= 0.3 is 18.0 Å². The number of methoxy groups -OCH3 is 1. The summed E-state index contributed by atoms with van der Waals surface area (Å²) >= 11 is 0. The lowest BCUT2D eigenvalue weighted by atomic mass is 9.98. The van der Waals surface area contributed by atoms with E-state index in [0.717, 1.165) is 0 Å². The van der Waals surface area contributed by atoms with E-state index in [9.17, 15) is 19.6 Å². The largest absolute Gasteiger partial charge is 0.467 e. The van der Waals surface area contributed by atoms with Crippen LogP contribution in [0.4, 0.5) is 4.79 Å². The van der Waals surface area contributed by atoms with Crippen LogP contribution in [0.1, 0.15) is 30.3 Å². The van der Waals surface area contributed by atoms with Crippen LogP contribution in [0.5, 0.6) is 0 Å². The van der Waals surface area contributed by atoms with Crippen LogP contribution in [0.2, 0.25) is 0 Å². The molecule has 1 unspecified atom stereocenters. The van der Waals surface area contributed by atoms with Crippen molar-refractivity contribution in [3.63, 3.8) is 0 Å². The SMILES string of the molecule is CCOC(=O)Cn1ncc2c1C(C(=O)OC)N1C[C@H]2N(O)C1=O. The number of hydrogen-bond donors (Lipinski definition) is 1. The number of hydroxylamine groups is 2. The highest BCUT2D eigenvalue weighted by Crippen LogP contribution is 2.43. The van der Waals surface area contributed by atoms with Crippen molar-refractivity contribution in [3.8, 4) is 0 Å². The molecule has 2 amide bonds. The van der Waals surface area contributed by atoms with Crippen LogP contribution in [-0.2, 0) is 25.6 Å². The molecule has 23 heavy (non-hydrogen) atoms. The van der Waals surface area contributed by atoms with Crippen molar-refractivity contribution in [1.29, 1.82) is 0 Å². The van der Waals surface area contributed by atoms with E-state index in [4.69, 9.17) is 9.47 Å². The molecule has 3 heterocycles. The van der Waals surface area contributed by atoms with Crippen LogP contribution in [0.15, 0.2) is 6.20 Å². The van der Waals surface area contributed by atoms with Gasteiger partial charge in [0.15, 0.2) is 6.04 Å². The first-order chi connectivity index (χ1) is 11.0. The lowest BCUT2D eigenvalue weighted by Gasteiger charge is -2.29. The van der Waals surface area contributed by atoms with Crippen molar-refractivity contribution < 1.29 is 29.1 Å². The third-order valence-corrected chi connectivity index (χ3v) is 3.95. The molecule has 10 heteroatoms. The molecule has 0 aliphatic carbocycles. The summed E-state index contributed by atoms with van der Waals surface area (Å²) in [5.74, 6) is -1.18. The number of amides is 2. The van der Waals surface area contributed by atoms with Gasteiger partial charge in [0.25, 0.3) is 0 Å². The minimum atomic E-state index is -1.06. The molecule has 3 rings (SSSR count). The van der Waals surface area contributed by atoms with E-state index in [1.807, 2.05) is 0 Å². The Hall–Kier alpha value is -2.62. The number of nitrogens with zero attached hydrogens (tertiary/aromatic N) is 4. The Morgan fingerprint density at radius 1 is 1.48 bits per heavy atom. The Kier molecular flexibility index (Phi) is 3.68. The maximum absolute atomic E-state index is 12.2. The second-order valence-corrected chi connectivity index (χ2v) is 5.17. The summed E-state index contributed by atoms with van der Waals surface area (Å²) in [6.45, 7) is 1.85. The molecule has 1 saturated heterocycles. The van der Waals surface area contributed by atoms with E-state index < -0.39 is 30.1 Å². The average Bonchev–Trinajstić information content (AvgIpc) is 3.04. The molecule has 0 spiro atoms. The van der Waals surface area contributed by atoms with E-state index in [2.05, 4.69) is 5.10 Å². The zero-order chi connectivity index (χ0) is 16.7. The number of aromatic nitrogens is 2. The fourth-order valence-electron chi connectivity index (χ4n) is 2.97. The van der Waals surface area contributed by atoms with Gasteiger partial charge in [-0.15, -0.1) is 0 Å². The van der Waals surface area contributed by atoms with Crippen molar-refractivity contribution in [3.05, 3.63) is 17.5 Å². The summed E-state index contributed by atoms with van der Waals surface area (Å²) in [4.78, 5) is 37.2. The average molecular weight is 324 g/mol. The molecule has 0 radical (unpaired) electrons. The second kappa shape index (κ2) is 5.54. The molecule has 2 aliphatic heterocycles. The quantitative estimate of drug-likeness (QED) is 0.604. The molecule has 0 saturated carbocycles. The number of esters is 2. The molecule has 124 valence electrons.